The molecule has 7 nitrogen and oxygen atoms in total. The molecule has 1 aliphatic heterocycles. The van der Waals surface area contributed by atoms with E-state index in [0.29, 0.717) is 27.7 Å². The lowest BCUT2D eigenvalue weighted by molar-refractivity contribution is 0.102. The van der Waals surface area contributed by atoms with Crippen LogP contribution in [0.3, 0.4) is 0 Å². The lowest BCUT2D eigenvalue weighted by Crippen LogP contribution is -2.33. The third-order valence-electron chi connectivity index (χ3n) is 4.95. The second-order valence-corrected chi connectivity index (χ2v) is 8.06. The van der Waals surface area contributed by atoms with Crippen LogP contribution in [0.4, 0.5) is 10.1 Å². The van der Waals surface area contributed by atoms with Crippen molar-refractivity contribution in [1.82, 2.24) is 10.5 Å². The zero-order valence-electron chi connectivity index (χ0n) is 14.8. The normalized spacial score (nSPS) is 25.3. The molecule has 4 rings (SSSR count). The number of fused-ring (bicyclic) bond motifs is 1. The van der Waals surface area contributed by atoms with Crippen LogP contribution in [0.2, 0.25) is 15.1 Å². The first-order valence-corrected chi connectivity index (χ1v) is 9.73. The van der Waals surface area contributed by atoms with Gasteiger partial charge in [-0.05, 0) is 30.7 Å². The number of anilines is 1. The highest BCUT2D eigenvalue weighted by Gasteiger charge is 2.57. The zero-order valence-corrected chi connectivity index (χ0v) is 17.0. The zero-order chi connectivity index (χ0) is 20.8. The number of nitrogens with zero attached hydrogens (tertiary/aromatic N) is 2. The Kier molecular flexibility index (Phi) is 5.29. The van der Waals surface area contributed by atoms with Gasteiger partial charge in [0.15, 0.2) is 0 Å². The molecule has 11 heteroatoms. The number of nitrogens with two attached hydrogens (primary N) is 1. The number of hydrogen-bond donors (Lipinski definition) is 3. The fourth-order valence-corrected chi connectivity index (χ4v) is 4.21. The molecule has 1 saturated carbocycles. The van der Waals surface area contributed by atoms with Crippen molar-refractivity contribution >= 4 is 52.4 Å². The number of hydroxylamine groups is 1. The molecule has 152 valence electrons. The summed E-state index contributed by atoms with van der Waals surface area (Å²) in [5.41, 5.74) is 7.95. The number of amides is 1. The third kappa shape index (κ3) is 3.73. The fourth-order valence-electron chi connectivity index (χ4n) is 3.46. The number of aromatic nitrogens is 1. The number of amidine groups is 1. The number of halogens is 4. The van der Waals surface area contributed by atoms with E-state index >= 15 is 0 Å². The second kappa shape index (κ2) is 7.60. The number of pyridine rings is 1. The first-order chi connectivity index (χ1) is 13.8. The predicted molar refractivity (Wildman–Crippen MR) is 109 cm³/mol. The Hall–Kier alpha value is -2.13. The van der Waals surface area contributed by atoms with Gasteiger partial charge in [0.25, 0.3) is 5.91 Å². The van der Waals surface area contributed by atoms with Crippen molar-refractivity contribution in [2.24, 2.45) is 16.6 Å². The maximum atomic E-state index is 14.3. The summed E-state index contributed by atoms with van der Waals surface area (Å²) in [6.45, 7) is -0.832. The minimum absolute atomic E-state index is 0.00404. The molecule has 1 aromatic carbocycles. The molecule has 2 aromatic rings. The van der Waals surface area contributed by atoms with Crippen LogP contribution in [0.15, 0.2) is 35.5 Å². The molecule has 4 N–H and O–H groups in total. The molecule has 1 aromatic heterocycles. The summed E-state index contributed by atoms with van der Waals surface area (Å²) >= 11 is 18.2. The summed E-state index contributed by atoms with van der Waals surface area (Å²) < 4.78 is 14.3. The van der Waals surface area contributed by atoms with E-state index in [-0.39, 0.29) is 28.7 Å². The number of benzene rings is 1. The molecule has 1 fully saturated rings. The lowest BCUT2D eigenvalue weighted by atomic mass is 9.86. The smallest absolute Gasteiger partial charge is 0.303 e. The highest BCUT2D eigenvalue weighted by atomic mass is 35.5. The summed E-state index contributed by atoms with van der Waals surface area (Å²) in [5.74, 6) is -0.739. The number of rotatable bonds is 4. The van der Waals surface area contributed by atoms with E-state index in [1.165, 1.54) is 12.3 Å². The van der Waals surface area contributed by atoms with Gasteiger partial charge in [-0.2, -0.15) is 0 Å². The molecule has 1 amide bonds. The Morgan fingerprint density at radius 3 is 2.86 bits per heavy atom. The molecule has 3 atom stereocenters. The summed E-state index contributed by atoms with van der Waals surface area (Å²) in [7, 11) is 0. The van der Waals surface area contributed by atoms with Crippen molar-refractivity contribution in [2.75, 3.05) is 12.0 Å². The predicted octanol–water partition coefficient (Wildman–Crippen LogP) is 3.70. The molecule has 0 saturated heterocycles. The van der Waals surface area contributed by atoms with Gasteiger partial charge in [0.1, 0.15) is 17.9 Å². The molecule has 0 spiro atoms. The molecular weight excluding hydrogens is 444 g/mol. The Morgan fingerprint density at radius 1 is 1.34 bits per heavy atom. The van der Waals surface area contributed by atoms with Crippen molar-refractivity contribution in [3.05, 3.63) is 56.8 Å². The van der Waals surface area contributed by atoms with E-state index < -0.39 is 18.1 Å². The van der Waals surface area contributed by atoms with E-state index in [9.17, 15) is 9.18 Å². The SMILES string of the molecule is NC1=N[C@](CF)(c2cc(NC(=O)c3ncc(Cl)cc3Cl)ccc2Cl)[C@H]2C[C@H]2NO1. The fraction of sp³-hybridized carbons (Fsp3) is 0.278. The Balaban J connectivity index is 1.69. The summed E-state index contributed by atoms with van der Waals surface area (Å²) in [6.07, 6.45) is 1.97. The number of alkyl halides is 1. The average molecular weight is 459 g/mol. The summed E-state index contributed by atoms with van der Waals surface area (Å²) in [6, 6.07) is 5.85. The molecule has 2 heterocycles. The first-order valence-electron chi connectivity index (χ1n) is 8.60. The van der Waals surface area contributed by atoms with Gasteiger partial charge >= 0.3 is 6.02 Å². The van der Waals surface area contributed by atoms with Gasteiger partial charge in [0, 0.05) is 34.4 Å². The van der Waals surface area contributed by atoms with Crippen molar-refractivity contribution in [1.29, 1.82) is 0 Å². The van der Waals surface area contributed by atoms with E-state index in [1.807, 2.05) is 0 Å². The second-order valence-electron chi connectivity index (χ2n) is 6.81. The van der Waals surface area contributed by atoms with Gasteiger partial charge in [-0.1, -0.05) is 34.8 Å². The minimum Gasteiger partial charge on any atom is -0.371 e. The van der Waals surface area contributed by atoms with Gasteiger partial charge < -0.3 is 15.9 Å². The van der Waals surface area contributed by atoms with Crippen LogP contribution in [-0.4, -0.2) is 29.6 Å². The largest absolute Gasteiger partial charge is 0.371 e. The molecule has 0 bridgehead atoms. The van der Waals surface area contributed by atoms with E-state index in [4.69, 9.17) is 45.4 Å². The molecule has 1 aliphatic carbocycles. The van der Waals surface area contributed by atoms with Crippen molar-refractivity contribution in [3.63, 3.8) is 0 Å². The number of carbonyl (C=O) groups is 1. The van der Waals surface area contributed by atoms with E-state index in [0.717, 1.165) is 0 Å². The van der Waals surface area contributed by atoms with E-state index in [2.05, 4.69) is 20.8 Å². The standard InChI is InChI=1S/C18H15Cl3FN5O2/c19-8-3-13(21)15(24-6-8)16(28)25-9-1-2-12(20)10(4-9)18(7-22)11-5-14(11)27-29-17(23)26-18/h1-4,6,11,14,27H,5,7H2,(H2,23,26)(H,25,28)/t11-,14+,18+/m0/s1. The van der Waals surface area contributed by atoms with Crippen molar-refractivity contribution < 1.29 is 14.0 Å². The Bertz CT molecular complexity index is 1020. The van der Waals surface area contributed by atoms with Crippen LogP contribution in [0.1, 0.15) is 22.5 Å². The molecule has 2 aliphatic rings. The van der Waals surface area contributed by atoms with Gasteiger partial charge in [0.2, 0.25) is 0 Å². The Morgan fingerprint density at radius 2 is 2.14 bits per heavy atom. The van der Waals surface area contributed by atoms with Crippen LogP contribution in [-0.2, 0) is 10.4 Å². The topological polar surface area (TPSA) is 102 Å². The minimum atomic E-state index is -1.31. The first kappa shape index (κ1) is 20.2. The highest BCUT2D eigenvalue weighted by molar-refractivity contribution is 6.36. The lowest BCUT2D eigenvalue weighted by Gasteiger charge is -2.28. The van der Waals surface area contributed by atoms with Crippen molar-refractivity contribution in [3.8, 4) is 0 Å². The van der Waals surface area contributed by atoms with Gasteiger partial charge in [-0.3, -0.25) is 4.79 Å². The monoisotopic (exact) mass is 457 g/mol. The number of nitrogens with one attached hydrogen (secondary N) is 2. The van der Waals surface area contributed by atoms with Gasteiger partial charge in [0.05, 0.1) is 10.0 Å². The van der Waals surface area contributed by atoms with Gasteiger partial charge in [-0.25, -0.2) is 14.4 Å². The number of hydrogen-bond acceptors (Lipinski definition) is 6. The molecule has 0 unspecified atom stereocenters. The Labute approximate surface area is 180 Å². The number of carbonyl (C=O) groups excluding carboxylic acids is 1. The molecular formula is C18H15Cl3FN5O2. The average Bonchev–Trinajstić information content (AvgIpc) is 3.47. The summed E-state index contributed by atoms with van der Waals surface area (Å²) in [5, 5.41) is 3.40. The van der Waals surface area contributed by atoms with Crippen LogP contribution >= 0.6 is 34.8 Å². The maximum Gasteiger partial charge on any atom is 0.303 e. The van der Waals surface area contributed by atoms with E-state index in [1.54, 1.807) is 18.2 Å². The quantitative estimate of drug-likeness (QED) is 0.648. The van der Waals surface area contributed by atoms with Crippen LogP contribution in [0, 0.1) is 5.92 Å². The summed E-state index contributed by atoms with van der Waals surface area (Å²) in [4.78, 5) is 25.9. The molecule has 29 heavy (non-hydrogen) atoms. The molecule has 0 radical (unpaired) electrons. The van der Waals surface area contributed by atoms with Crippen LogP contribution in [0.5, 0.6) is 0 Å². The van der Waals surface area contributed by atoms with Crippen molar-refractivity contribution in [2.45, 2.75) is 18.0 Å². The van der Waals surface area contributed by atoms with Gasteiger partial charge in [-0.15, -0.1) is 5.48 Å². The van der Waals surface area contributed by atoms with Crippen LogP contribution in [0.25, 0.3) is 0 Å². The number of aliphatic imine (C=N–C) groups is 1. The van der Waals surface area contributed by atoms with Crippen LogP contribution < -0.4 is 16.5 Å². The highest BCUT2D eigenvalue weighted by Crippen LogP contribution is 2.52. The third-order valence-corrected chi connectivity index (χ3v) is 5.77. The maximum absolute atomic E-state index is 14.3.